The van der Waals surface area contributed by atoms with E-state index in [0.29, 0.717) is 6.54 Å². The molecule has 2 heterocycles. The fourth-order valence-corrected chi connectivity index (χ4v) is 2.23. The number of benzene rings is 1. The van der Waals surface area contributed by atoms with Crippen LogP contribution in [-0.4, -0.2) is 24.3 Å². The highest BCUT2D eigenvalue weighted by Crippen LogP contribution is 2.12. The first-order chi connectivity index (χ1) is 9.66. The lowest BCUT2D eigenvalue weighted by Crippen LogP contribution is -2.23. The van der Waals surface area contributed by atoms with Crippen molar-refractivity contribution >= 4 is 11.0 Å². The third-order valence-electron chi connectivity index (χ3n) is 3.26. The minimum atomic E-state index is -0.137. The maximum atomic E-state index is 12.1. The lowest BCUT2D eigenvalue weighted by atomic mass is 10.3. The Morgan fingerprint density at radius 3 is 2.85 bits per heavy atom. The monoisotopic (exact) mass is 269 g/mol. The Hall–Kier alpha value is -2.50. The van der Waals surface area contributed by atoms with Gasteiger partial charge < -0.3 is 4.57 Å². The molecule has 0 amide bonds. The van der Waals surface area contributed by atoms with Crippen LogP contribution >= 0.6 is 0 Å². The van der Waals surface area contributed by atoms with Crippen LogP contribution in [-0.2, 0) is 6.54 Å². The molecule has 0 atom stereocenters. The zero-order chi connectivity index (χ0) is 14.1. The van der Waals surface area contributed by atoms with E-state index in [4.69, 9.17) is 0 Å². The third-order valence-corrected chi connectivity index (χ3v) is 3.26. The minimum absolute atomic E-state index is 0.137. The molecule has 0 spiro atoms. The number of nitrogens with zero attached hydrogens (tertiary/aromatic N) is 5. The number of fused-ring (bicyclic) bond motifs is 1. The third kappa shape index (κ3) is 2.09. The first-order valence-electron chi connectivity index (χ1n) is 6.50. The largest absolute Gasteiger partial charge is 0.314 e. The van der Waals surface area contributed by atoms with E-state index in [-0.39, 0.29) is 11.6 Å². The van der Waals surface area contributed by atoms with Gasteiger partial charge in [-0.2, -0.15) is 0 Å². The lowest BCUT2D eigenvalue weighted by molar-refractivity contribution is 0.553. The van der Waals surface area contributed by atoms with E-state index in [1.165, 1.54) is 6.20 Å². The Morgan fingerprint density at radius 1 is 1.25 bits per heavy atom. The summed E-state index contributed by atoms with van der Waals surface area (Å²) in [5, 5.41) is 8.04. The van der Waals surface area contributed by atoms with Crippen LogP contribution in [0.25, 0.3) is 11.0 Å². The maximum Gasteiger partial charge on any atom is 0.269 e. The molecule has 6 nitrogen and oxygen atoms in total. The van der Waals surface area contributed by atoms with Crippen LogP contribution in [0.1, 0.15) is 25.7 Å². The normalized spacial score (nSPS) is 11.3. The number of hydrogen-bond donors (Lipinski definition) is 0. The Labute approximate surface area is 115 Å². The molecular weight excluding hydrogens is 254 g/mol. The number of aromatic nitrogens is 5. The maximum absolute atomic E-state index is 12.1. The van der Waals surface area contributed by atoms with E-state index in [9.17, 15) is 4.79 Å². The number of rotatable bonds is 3. The van der Waals surface area contributed by atoms with Gasteiger partial charge in [0.15, 0.2) is 5.82 Å². The summed E-state index contributed by atoms with van der Waals surface area (Å²) in [6, 6.07) is 7.83. The van der Waals surface area contributed by atoms with Crippen LogP contribution in [0, 0.1) is 0 Å². The van der Waals surface area contributed by atoms with Gasteiger partial charge in [-0.05, 0) is 26.0 Å². The molecule has 0 fully saturated rings. The summed E-state index contributed by atoms with van der Waals surface area (Å²) in [5.41, 5.74) is 1.46. The Morgan fingerprint density at radius 2 is 2.05 bits per heavy atom. The number of hydrogen-bond acceptors (Lipinski definition) is 4. The molecule has 0 aliphatic carbocycles. The van der Waals surface area contributed by atoms with E-state index in [2.05, 4.69) is 29.0 Å². The molecule has 3 rings (SSSR count). The molecule has 1 aromatic carbocycles. The van der Waals surface area contributed by atoms with Gasteiger partial charge in [-0.3, -0.25) is 9.36 Å². The fraction of sp³-hybridized carbons (Fsp3) is 0.286. The van der Waals surface area contributed by atoms with Crippen molar-refractivity contribution in [2.45, 2.75) is 26.4 Å². The molecule has 2 aromatic heterocycles. The van der Waals surface area contributed by atoms with Crippen molar-refractivity contribution < 1.29 is 0 Å². The highest BCUT2D eigenvalue weighted by molar-refractivity contribution is 5.74. The molecule has 102 valence electrons. The van der Waals surface area contributed by atoms with Gasteiger partial charge in [0.2, 0.25) is 0 Å². The first-order valence-corrected chi connectivity index (χ1v) is 6.50. The van der Waals surface area contributed by atoms with Gasteiger partial charge in [-0.25, -0.2) is 4.98 Å². The molecule has 0 radical (unpaired) electrons. The Kier molecular flexibility index (Phi) is 3.06. The van der Waals surface area contributed by atoms with Crippen molar-refractivity contribution in [1.29, 1.82) is 0 Å². The molecule has 0 N–H and O–H groups in total. The topological polar surface area (TPSA) is 65.6 Å². The second-order valence-electron chi connectivity index (χ2n) is 4.92. The highest BCUT2D eigenvalue weighted by Gasteiger charge is 2.11. The second-order valence-corrected chi connectivity index (χ2v) is 4.92. The van der Waals surface area contributed by atoms with Crippen LogP contribution in [0.4, 0.5) is 0 Å². The summed E-state index contributed by atoms with van der Waals surface area (Å²) in [4.78, 5) is 16.2. The molecule has 0 aliphatic heterocycles. The van der Waals surface area contributed by atoms with Gasteiger partial charge in [0.05, 0.1) is 23.8 Å². The molecule has 6 heteroatoms. The van der Waals surface area contributed by atoms with Gasteiger partial charge in [-0.1, -0.05) is 12.1 Å². The number of para-hydroxylation sites is 2. The van der Waals surface area contributed by atoms with Crippen molar-refractivity contribution in [1.82, 2.24) is 24.3 Å². The summed E-state index contributed by atoms with van der Waals surface area (Å²) < 4.78 is 3.63. The zero-order valence-electron chi connectivity index (χ0n) is 11.4. The van der Waals surface area contributed by atoms with Crippen LogP contribution in [0.15, 0.2) is 41.6 Å². The summed E-state index contributed by atoms with van der Waals surface area (Å²) in [7, 11) is 0. The predicted molar refractivity (Wildman–Crippen MR) is 75.5 cm³/mol. The Bertz CT molecular complexity index is 802. The quantitative estimate of drug-likeness (QED) is 0.724. The summed E-state index contributed by atoms with van der Waals surface area (Å²) >= 11 is 0. The van der Waals surface area contributed by atoms with Crippen molar-refractivity contribution in [3.05, 3.63) is 53.0 Å². The van der Waals surface area contributed by atoms with Crippen molar-refractivity contribution in [2.24, 2.45) is 0 Å². The van der Waals surface area contributed by atoms with E-state index >= 15 is 0 Å². The van der Waals surface area contributed by atoms with Gasteiger partial charge in [-0.15, -0.1) is 10.2 Å². The minimum Gasteiger partial charge on any atom is -0.314 e. The van der Waals surface area contributed by atoms with Gasteiger partial charge in [0, 0.05) is 6.04 Å². The summed E-state index contributed by atoms with van der Waals surface area (Å²) in [5.74, 6) is 0.762. The summed E-state index contributed by atoms with van der Waals surface area (Å²) in [6.07, 6.45) is 3.03. The first kappa shape index (κ1) is 12.5. The predicted octanol–water partition coefficient (Wildman–Crippen LogP) is 1.62. The van der Waals surface area contributed by atoms with Crippen LogP contribution < -0.4 is 5.56 Å². The fourth-order valence-electron chi connectivity index (χ4n) is 2.23. The average Bonchev–Trinajstić information content (AvgIpc) is 2.90. The highest BCUT2D eigenvalue weighted by atomic mass is 16.1. The molecule has 3 aromatic rings. The molecule has 20 heavy (non-hydrogen) atoms. The van der Waals surface area contributed by atoms with E-state index in [1.807, 2.05) is 28.8 Å². The van der Waals surface area contributed by atoms with Crippen molar-refractivity contribution in [3.63, 3.8) is 0 Å². The van der Waals surface area contributed by atoms with Gasteiger partial charge >= 0.3 is 0 Å². The Balaban J connectivity index is 2.13. The molecule has 0 saturated carbocycles. The molecule has 0 unspecified atom stereocenters. The summed E-state index contributed by atoms with van der Waals surface area (Å²) in [6.45, 7) is 4.50. The van der Waals surface area contributed by atoms with Crippen LogP contribution in [0.2, 0.25) is 0 Å². The van der Waals surface area contributed by atoms with Gasteiger partial charge in [0.25, 0.3) is 5.56 Å². The van der Waals surface area contributed by atoms with Crippen molar-refractivity contribution in [3.8, 4) is 0 Å². The standard InChI is InChI=1S/C14H15N5O/c1-10(2)19-9-16-17-13(19)8-18-12-6-4-3-5-11(12)15-7-14(18)20/h3-7,9-10H,8H2,1-2H3. The molecule has 0 saturated heterocycles. The van der Waals surface area contributed by atoms with E-state index in [0.717, 1.165) is 16.9 Å². The second kappa shape index (κ2) is 4.88. The molecular formula is C14H15N5O. The zero-order valence-corrected chi connectivity index (χ0v) is 11.4. The average molecular weight is 269 g/mol. The molecule has 0 aliphatic rings. The lowest BCUT2D eigenvalue weighted by Gasteiger charge is -2.12. The van der Waals surface area contributed by atoms with E-state index < -0.39 is 0 Å². The molecule has 0 bridgehead atoms. The smallest absolute Gasteiger partial charge is 0.269 e. The van der Waals surface area contributed by atoms with Gasteiger partial charge in [0.1, 0.15) is 6.33 Å². The van der Waals surface area contributed by atoms with E-state index in [1.54, 1.807) is 10.9 Å². The van der Waals surface area contributed by atoms with Crippen molar-refractivity contribution in [2.75, 3.05) is 0 Å². The van der Waals surface area contributed by atoms with Crippen LogP contribution in [0.3, 0.4) is 0 Å². The SMILES string of the molecule is CC(C)n1cnnc1Cn1c(=O)cnc2ccccc21. The van der Waals surface area contributed by atoms with Crippen LogP contribution in [0.5, 0.6) is 0 Å².